The minimum atomic E-state index is 0.240. The van der Waals surface area contributed by atoms with E-state index < -0.39 is 0 Å². The van der Waals surface area contributed by atoms with Crippen LogP contribution in [-0.4, -0.2) is 22.1 Å². The van der Waals surface area contributed by atoms with Crippen LogP contribution in [0.5, 0.6) is 0 Å². The molecule has 0 fully saturated rings. The van der Waals surface area contributed by atoms with Gasteiger partial charge in [-0.3, -0.25) is 9.48 Å². The van der Waals surface area contributed by atoms with E-state index >= 15 is 0 Å². The largest absolute Gasteiger partial charge is 0.330 e. The van der Waals surface area contributed by atoms with Gasteiger partial charge in [0.05, 0.1) is 16.4 Å². The lowest BCUT2D eigenvalue weighted by molar-refractivity contribution is -0.118. The van der Waals surface area contributed by atoms with E-state index in [4.69, 9.17) is 17.3 Å². The number of Topliss-reactive ketones (excluding diaryl/α,β-unsaturated/α-hetero) is 1. The van der Waals surface area contributed by atoms with Gasteiger partial charge in [0.25, 0.3) is 0 Å². The molecule has 0 amide bonds. The van der Waals surface area contributed by atoms with Crippen LogP contribution in [0.25, 0.3) is 0 Å². The third-order valence-corrected chi connectivity index (χ3v) is 4.48. The van der Waals surface area contributed by atoms with E-state index in [1.165, 1.54) is 0 Å². The summed E-state index contributed by atoms with van der Waals surface area (Å²) >= 11 is 6.34. The summed E-state index contributed by atoms with van der Waals surface area (Å²) in [6, 6.07) is 0. The van der Waals surface area contributed by atoms with Crippen molar-refractivity contribution in [1.29, 1.82) is 0 Å². The van der Waals surface area contributed by atoms with Gasteiger partial charge in [-0.15, -0.1) is 0 Å². The first kappa shape index (κ1) is 18.2. The highest BCUT2D eigenvalue weighted by atomic mass is 35.5. The maximum atomic E-state index is 12.2. The van der Waals surface area contributed by atoms with Gasteiger partial charge in [-0.2, -0.15) is 5.10 Å². The molecule has 2 N–H and O–H groups in total. The molecule has 0 spiro atoms. The second kappa shape index (κ2) is 9.21. The summed E-state index contributed by atoms with van der Waals surface area (Å²) in [6.07, 6.45) is 4.78. The van der Waals surface area contributed by atoms with E-state index in [0.29, 0.717) is 30.3 Å². The minimum Gasteiger partial charge on any atom is -0.330 e. The number of halogens is 1. The van der Waals surface area contributed by atoms with Gasteiger partial charge in [0.2, 0.25) is 0 Å². The summed E-state index contributed by atoms with van der Waals surface area (Å²) in [5, 5.41) is 5.12. The van der Waals surface area contributed by atoms with E-state index in [2.05, 4.69) is 12.0 Å². The standard InChI is InChI=1S/C16H28ClN3O/c1-4-12(9-10-18)7-8-13(21)11-15-16(17)14(5-2)19-20(15)6-3/h12H,4-11,18H2,1-3H3. The summed E-state index contributed by atoms with van der Waals surface area (Å²) < 4.78 is 1.86. The molecule has 0 aromatic carbocycles. The van der Waals surface area contributed by atoms with Crippen molar-refractivity contribution in [3.05, 3.63) is 16.4 Å². The summed E-state index contributed by atoms with van der Waals surface area (Å²) in [4.78, 5) is 12.2. The van der Waals surface area contributed by atoms with Crippen molar-refractivity contribution in [3.8, 4) is 0 Å². The van der Waals surface area contributed by atoms with Gasteiger partial charge in [-0.1, -0.05) is 31.9 Å². The summed E-state index contributed by atoms with van der Waals surface area (Å²) in [7, 11) is 0. The molecule has 1 aromatic rings. The van der Waals surface area contributed by atoms with Crippen molar-refractivity contribution in [2.75, 3.05) is 6.54 Å². The maximum Gasteiger partial charge on any atom is 0.138 e. The van der Waals surface area contributed by atoms with E-state index in [9.17, 15) is 4.79 Å². The fourth-order valence-electron chi connectivity index (χ4n) is 2.61. The highest BCUT2D eigenvalue weighted by molar-refractivity contribution is 6.32. The fourth-order valence-corrected chi connectivity index (χ4v) is 2.95. The third kappa shape index (κ3) is 5.11. The van der Waals surface area contributed by atoms with Gasteiger partial charge in [0.15, 0.2) is 0 Å². The number of nitrogens with two attached hydrogens (primary N) is 1. The lowest BCUT2D eigenvalue weighted by Crippen LogP contribution is -2.13. The second-order valence-electron chi connectivity index (χ2n) is 5.48. The number of hydrogen-bond acceptors (Lipinski definition) is 3. The quantitative estimate of drug-likeness (QED) is 0.720. The zero-order chi connectivity index (χ0) is 15.8. The van der Waals surface area contributed by atoms with Crippen LogP contribution in [0.2, 0.25) is 5.02 Å². The van der Waals surface area contributed by atoms with Gasteiger partial charge in [-0.25, -0.2) is 0 Å². The van der Waals surface area contributed by atoms with Crippen LogP contribution in [0.1, 0.15) is 57.8 Å². The van der Waals surface area contributed by atoms with Crippen LogP contribution in [0.3, 0.4) is 0 Å². The highest BCUT2D eigenvalue weighted by Gasteiger charge is 2.18. The predicted octanol–water partition coefficient (Wildman–Crippen LogP) is 3.39. The number of rotatable bonds is 10. The van der Waals surface area contributed by atoms with Crippen molar-refractivity contribution in [1.82, 2.24) is 9.78 Å². The molecule has 1 atom stereocenters. The van der Waals surface area contributed by atoms with Crippen molar-refractivity contribution < 1.29 is 4.79 Å². The van der Waals surface area contributed by atoms with Crippen LogP contribution < -0.4 is 5.73 Å². The summed E-state index contributed by atoms with van der Waals surface area (Å²) in [6.45, 7) is 7.64. The molecule has 0 aliphatic heterocycles. The Hall–Kier alpha value is -0.870. The Labute approximate surface area is 133 Å². The van der Waals surface area contributed by atoms with E-state index in [1.807, 2.05) is 18.5 Å². The van der Waals surface area contributed by atoms with Crippen LogP contribution in [-0.2, 0) is 24.2 Å². The highest BCUT2D eigenvalue weighted by Crippen LogP contribution is 2.23. The minimum absolute atomic E-state index is 0.240. The average molecular weight is 314 g/mol. The Morgan fingerprint density at radius 3 is 2.57 bits per heavy atom. The van der Waals surface area contributed by atoms with Crippen LogP contribution >= 0.6 is 11.6 Å². The molecular weight excluding hydrogens is 286 g/mol. The number of aromatic nitrogens is 2. The maximum absolute atomic E-state index is 12.2. The molecule has 1 heterocycles. The SMILES string of the molecule is CCc1nn(CC)c(CC(=O)CCC(CC)CCN)c1Cl. The fraction of sp³-hybridized carbons (Fsp3) is 0.750. The van der Waals surface area contributed by atoms with E-state index in [0.717, 1.165) is 43.6 Å². The molecule has 21 heavy (non-hydrogen) atoms. The monoisotopic (exact) mass is 313 g/mol. The number of nitrogens with zero attached hydrogens (tertiary/aromatic N) is 2. The van der Waals surface area contributed by atoms with Gasteiger partial charge in [0.1, 0.15) is 5.78 Å². The van der Waals surface area contributed by atoms with E-state index in [1.54, 1.807) is 0 Å². The Bertz CT molecular complexity index is 457. The van der Waals surface area contributed by atoms with Crippen molar-refractivity contribution >= 4 is 17.4 Å². The zero-order valence-corrected chi connectivity index (χ0v) is 14.2. The Balaban J connectivity index is 2.64. The molecule has 120 valence electrons. The average Bonchev–Trinajstić information content (AvgIpc) is 2.79. The van der Waals surface area contributed by atoms with E-state index in [-0.39, 0.29) is 5.78 Å². The third-order valence-electron chi connectivity index (χ3n) is 4.04. The van der Waals surface area contributed by atoms with Crippen molar-refractivity contribution in [2.24, 2.45) is 11.7 Å². The lowest BCUT2D eigenvalue weighted by Gasteiger charge is -2.12. The zero-order valence-electron chi connectivity index (χ0n) is 13.5. The Morgan fingerprint density at radius 2 is 2.05 bits per heavy atom. The predicted molar refractivity (Wildman–Crippen MR) is 87.7 cm³/mol. The molecule has 4 nitrogen and oxygen atoms in total. The number of ketones is 1. The lowest BCUT2D eigenvalue weighted by atomic mass is 9.94. The summed E-state index contributed by atoms with van der Waals surface area (Å²) in [5.74, 6) is 0.793. The normalized spacial score (nSPS) is 12.6. The molecule has 1 unspecified atom stereocenters. The molecule has 0 bridgehead atoms. The number of hydrogen-bond donors (Lipinski definition) is 1. The first-order valence-corrected chi connectivity index (χ1v) is 8.40. The Morgan fingerprint density at radius 1 is 1.33 bits per heavy atom. The molecule has 0 aliphatic rings. The first-order chi connectivity index (χ1) is 10.1. The van der Waals surface area contributed by atoms with Gasteiger partial charge >= 0.3 is 0 Å². The Kier molecular flexibility index (Phi) is 7.97. The molecule has 0 saturated heterocycles. The van der Waals surface area contributed by atoms with Gasteiger partial charge < -0.3 is 5.73 Å². The molecular formula is C16H28ClN3O. The number of carbonyl (C=O) groups is 1. The number of aryl methyl sites for hydroxylation is 2. The molecule has 0 saturated carbocycles. The first-order valence-electron chi connectivity index (χ1n) is 8.03. The molecule has 0 aliphatic carbocycles. The summed E-state index contributed by atoms with van der Waals surface area (Å²) in [5.41, 5.74) is 7.35. The van der Waals surface area contributed by atoms with Gasteiger partial charge in [-0.05, 0) is 38.6 Å². The topological polar surface area (TPSA) is 60.9 Å². The van der Waals surface area contributed by atoms with Crippen molar-refractivity contribution in [3.63, 3.8) is 0 Å². The molecule has 1 rings (SSSR count). The molecule has 1 aromatic heterocycles. The smallest absolute Gasteiger partial charge is 0.138 e. The van der Waals surface area contributed by atoms with Crippen LogP contribution in [0, 0.1) is 5.92 Å². The van der Waals surface area contributed by atoms with Crippen molar-refractivity contribution in [2.45, 2.75) is 65.8 Å². The van der Waals surface area contributed by atoms with Gasteiger partial charge in [0, 0.05) is 19.4 Å². The molecule has 0 radical (unpaired) electrons. The molecule has 5 heteroatoms. The number of carbonyl (C=O) groups excluding carboxylic acids is 1. The van der Waals surface area contributed by atoms with Crippen LogP contribution in [0.4, 0.5) is 0 Å². The van der Waals surface area contributed by atoms with Crippen LogP contribution in [0.15, 0.2) is 0 Å². The second-order valence-corrected chi connectivity index (χ2v) is 5.86.